The molecule has 1 atom stereocenters. The van der Waals surface area contributed by atoms with E-state index in [4.69, 9.17) is 0 Å². The van der Waals surface area contributed by atoms with Crippen LogP contribution in [0.25, 0.3) is 0 Å². The van der Waals surface area contributed by atoms with Crippen molar-refractivity contribution in [3.05, 3.63) is 65.7 Å². The summed E-state index contributed by atoms with van der Waals surface area (Å²) >= 11 is 0. The second kappa shape index (κ2) is 7.07. The summed E-state index contributed by atoms with van der Waals surface area (Å²) in [6.07, 6.45) is 0.791. The van der Waals surface area contributed by atoms with Crippen LogP contribution in [0.3, 0.4) is 0 Å². The van der Waals surface area contributed by atoms with Crippen molar-refractivity contribution in [3.63, 3.8) is 0 Å². The highest BCUT2D eigenvalue weighted by Crippen LogP contribution is 2.26. The van der Waals surface area contributed by atoms with Crippen molar-refractivity contribution >= 4 is 11.6 Å². The van der Waals surface area contributed by atoms with Gasteiger partial charge in [-0.3, -0.25) is 4.79 Å². The van der Waals surface area contributed by atoms with Crippen molar-refractivity contribution in [3.8, 4) is 0 Å². The number of anilines is 1. The number of carbonyl (C=O) groups is 1. The molecule has 0 saturated heterocycles. The molecule has 0 spiro atoms. The molecule has 2 rings (SSSR count). The molecule has 1 amide bonds. The average Bonchev–Trinajstić information content (AvgIpc) is 2.49. The highest BCUT2D eigenvalue weighted by atomic mass is 16.1. The number of amides is 1. The van der Waals surface area contributed by atoms with Gasteiger partial charge in [-0.2, -0.15) is 0 Å². The maximum atomic E-state index is 12.6. The van der Waals surface area contributed by atoms with Crippen LogP contribution in [0.4, 0.5) is 5.69 Å². The van der Waals surface area contributed by atoms with Crippen molar-refractivity contribution in [2.75, 3.05) is 5.32 Å². The van der Waals surface area contributed by atoms with Gasteiger partial charge in [-0.05, 0) is 29.5 Å². The Morgan fingerprint density at radius 2 is 1.62 bits per heavy atom. The third-order valence-electron chi connectivity index (χ3n) is 3.77. The van der Waals surface area contributed by atoms with Gasteiger partial charge in [0.2, 0.25) is 5.91 Å². The molecule has 0 saturated carbocycles. The number of para-hydroxylation sites is 1. The van der Waals surface area contributed by atoms with Crippen LogP contribution in [-0.4, -0.2) is 5.91 Å². The molecule has 2 aromatic carbocycles. The normalized spacial score (nSPS) is 12.2. The van der Waals surface area contributed by atoms with E-state index in [-0.39, 0.29) is 11.8 Å². The molecule has 0 aliphatic carbocycles. The first-order chi connectivity index (χ1) is 10.1. The Kier molecular flexibility index (Phi) is 5.15. The van der Waals surface area contributed by atoms with Gasteiger partial charge in [-0.25, -0.2) is 0 Å². The van der Waals surface area contributed by atoms with Crippen LogP contribution in [0.1, 0.15) is 50.2 Å². The van der Waals surface area contributed by atoms with Gasteiger partial charge < -0.3 is 5.32 Å². The van der Waals surface area contributed by atoms with Crippen molar-refractivity contribution in [1.82, 2.24) is 0 Å². The first kappa shape index (κ1) is 15.3. The van der Waals surface area contributed by atoms with Gasteiger partial charge >= 0.3 is 0 Å². The second-order valence-corrected chi connectivity index (χ2v) is 5.60. The summed E-state index contributed by atoms with van der Waals surface area (Å²) in [6, 6.07) is 18.0. The summed E-state index contributed by atoms with van der Waals surface area (Å²) in [5, 5.41) is 3.10. The third kappa shape index (κ3) is 3.72. The van der Waals surface area contributed by atoms with Crippen LogP contribution in [0.15, 0.2) is 54.6 Å². The number of hydrogen-bond donors (Lipinski definition) is 1. The minimum atomic E-state index is -0.105. The van der Waals surface area contributed by atoms with Gasteiger partial charge in [0.1, 0.15) is 0 Å². The summed E-state index contributed by atoms with van der Waals surface area (Å²) < 4.78 is 0. The maximum Gasteiger partial charge on any atom is 0.231 e. The summed E-state index contributed by atoms with van der Waals surface area (Å²) in [6.45, 7) is 6.32. The summed E-state index contributed by atoms with van der Waals surface area (Å²) in [7, 11) is 0. The molecule has 2 nitrogen and oxygen atoms in total. The molecular formula is C19H23NO. The summed E-state index contributed by atoms with van der Waals surface area (Å²) in [5.41, 5.74) is 3.17. The fourth-order valence-corrected chi connectivity index (χ4v) is 2.59. The molecule has 0 heterocycles. The quantitative estimate of drug-likeness (QED) is 0.826. The van der Waals surface area contributed by atoms with E-state index in [0.717, 1.165) is 17.7 Å². The Morgan fingerprint density at radius 1 is 1.00 bits per heavy atom. The minimum absolute atomic E-state index is 0.0665. The number of carbonyl (C=O) groups excluding carboxylic acids is 1. The molecular weight excluding hydrogens is 258 g/mol. The Balaban J connectivity index is 2.21. The van der Waals surface area contributed by atoms with E-state index < -0.39 is 0 Å². The predicted octanol–water partition coefficient (Wildman–Crippen LogP) is 4.94. The lowest BCUT2D eigenvalue weighted by Gasteiger charge is -2.18. The van der Waals surface area contributed by atoms with E-state index in [1.165, 1.54) is 5.56 Å². The first-order valence-corrected chi connectivity index (χ1v) is 7.58. The molecule has 2 aromatic rings. The van der Waals surface area contributed by atoms with Crippen LogP contribution < -0.4 is 5.32 Å². The molecule has 0 aliphatic rings. The molecule has 21 heavy (non-hydrogen) atoms. The topological polar surface area (TPSA) is 29.1 Å². The highest BCUT2D eigenvalue weighted by molar-refractivity contribution is 5.96. The number of nitrogens with one attached hydrogen (secondary N) is 1. The Morgan fingerprint density at radius 3 is 2.24 bits per heavy atom. The lowest BCUT2D eigenvalue weighted by molar-refractivity contribution is -0.117. The number of rotatable bonds is 5. The molecule has 2 heteroatoms. The Bertz CT molecular complexity index is 590. The third-order valence-corrected chi connectivity index (χ3v) is 3.77. The maximum absolute atomic E-state index is 12.6. The van der Waals surface area contributed by atoms with Crippen molar-refractivity contribution in [2.45, 2.75) is 39.0 Å². The van der Waals surface area contributed by atoms with Crippen molar-refractivity contribution < 1.29 is 4.79 Å². The average molecular weight is 281 g/mol. The van der Waals surface area contributed by atoms with E-state index in [1.54, 1.807) is 0 Å². The van der Waals surface area contributed by atoms with Gasteiger partial charge in [0.15, 0.2) is 0 Å². The molecule has 110 valence electrons. The molecule has 0 radical (unpaired) electrons. The molecule has 0 unspecified atom stereocenters. The van der Waals surface area contributed by atoms with E-state index in [2.05, 4.69) is 25.2 Å². The summed E-state index contributed by atoms with van der Waals surface area (Å²) in [5.74, 6) is 0.349. The largest absolute Gasteiger partial charge is 0.325 e. The molecule has 0 fully saturated rings. The van der Waals surface area contributed by atoms with Gasteiger partial charge in [0.05, 0.1) is 5.92 Å². The zero-order chi connectivity index (χ0) is 15.2. The fraction of sp³-hybridized carbons (Fsp3) is 0.316. The minimum Gasteiger partial charge on any atom is -0.325 e. The smallest absolute Gasteiger partial charge is 0.231 e. The van der Waals surface area contributed by atoms with Crippen molar-refractivity contribution in [2.24, 2.45) is 0 Å². The predicted molar refractivity (Wildman–Crippen MR) is 88.6 cm³/mol. The zero-order valence-corrected chi connectivity index (χ0v) is 13.0. The fourth-order valence-electron chi connectivity index (χ4n) is 2.59. The van der Waals surface area contributed by atoms with Crippen molar-refractivity contribution in [1.29, 1.82) is 0 Å². The lowest BCUT2D eigenvalue weighted by atomic mass is 9.95. The zero-order valence-electron chi connectivity index (χ0n) is 13.0. The molecule has 0 bridgehead atoms. The van der Waals surface area contributed by atoms with Gasteiger partial charge in [0, 0.05) is 5.69 Å². The lowest BCUT2D eigenvalue weighted by Crippen LogP contribution is -2.21. The van der Waals surface area contributed by atoms with Gasteiger partial charge in [0.25, 0.3) is 0 Å². The van der Waals surface area contributed by atoms with Crippen LogP contribution in [0.5, 0.6) is 0 Å². The standard InChI is InChI=1S/C19H23NO/c1-4-16(15-10-6-5-7-11-15)19(21)20-18-13-9-8-12-17(18)14(2)3/h5-14,16H,4H2,1-3H3,(H,20,21)/t16-/m0/s1. The van der Waals surface area contributed by atoms with Crippen LogP contribution >= 0.6 is 0 Å². The Hall–Kier alpha value is -2.09. The number of benzene rings is 2. The highest BCUT2D eigenvalue weighted by Gasteiger charge is 2.19. The van der Waals surface area contributed by atoms with E-state index in [1.807, 2.05) is 55.5 Å². The van der Waals surface area contributed by atoms with E-state index in [9.17, 15) is 4.79 Å². The van der Waals surface area contributed by atoms with E-state index >= 15 is 0 Å². The number of hydrogen-bond acceptors (Lipinski definition) is 1. The molecule has 0 aliphatic heterocycles. The monoisotopic (exact) mass is 281 g/mol. The summed E-state index contributed by atoms with van der Waals surface area (Å²) in [4.78, 5) is 12.6. The molecule has 0 aromatic heterocycles. The molecule has 1 N–H and O–H groups in total. The van der Waals surface area contributed by atoms with E-state index in [0.29, 0.717) is 5.92 Å². The van der Waals surface area contributed by atoms with Crippen LogP contribution in [0.2, 0.25) is 0 Å². The second-order valence-electron chi connectivity index (χ2n) is 5.60. The SMILES string of the molecule is CC[C@H](C(=O)Nc1ccccc1C(C)C)c1ccccc1. The van der Waals surface area contributed by atoms with Crippen LogP contribution in [-0.2, 0) is 4.79 Å². The Labute approximate surface area is 127 Å². The van der Waals surface area contributed by atoms with Crippen LogP contribution in [0, 0.1) is 0 Å². The van der Waals surface area contributed by atoms with Gasteiger partial charge in [-0.1, -0.05) is 69.3 Å². The first-order valence-electron chi connectivity index (χ1n) is 7.58. The van der Waals surface area contributed by atoms with Gasteiger partial charge in [-0.15, -0.1) is 0 Å².